The topological polar surface area (TPSA) is 140 Å². The van der Waals surface area contributed by atoms with E-state index in [2.05, 4.69) is 31.9 Å². The molecule has 2 aliphatic rings. The molecule has 0 aliphatic carbocycles. The fourth-order valence-electron chi connectivity index (χ4n) is 4.03. The van der Waals surface area contributed by atoms with Gasteiger partial charge in [0.1, 0.15) is 0 Å². The van der Waals surface area contributed by atoms with Crippen molar-refractivity contribution < 1.29 is 19.2 Å². The molecule has 2 saturated heterocycles. The van der Waals surface area contributed by atoms with Crippen LogP contribution in [0.5, 0.6) is 0 Å². The highest BCUT2D eigenvalue weighted by Gasteiger charge is 2.48. The summed E-state index contributed by atoms with van der Waals surface area (Å²) in [6, 6.07) is 11.4. The van der Waals surface area contributed by atoms with Gasteiger partial charge in [-0.15, -0.1) is 0 Å². The molecule has 178 valence electrons. The van der Waals surface area contributed by atoms with Crippen molar-refractivity contribution in [3.63, 3.8) is 0 Å². The lowest BCUT2D eigenvalue weighted by molar-refractivity contribution is -0.144. The van der Waals surface area contributed by atoms with Crippen LogP contribution in [0.25, 0.3) is 0 Å². The van der Waals surface area contributed by atoms with E-state index in [9.17, 15) is 19.2 Å². The Kier molecular flexibility index (Phi) is 6.92. The highest BCUT2D eigenvalue weighted by atomic mass is 35.5. The Bertz CT molecular complexity index is 1120. The number of rotatable bonds is 5. The number of hydrogen-bond acceptors (Lipinski definition) is 6. The number of piperidine rings is 1. The van der Waals surface area contributed by atoms with Crippen LogP contribution in [0.4, 0.5) is 17.1 Å². The molecule has 34 heavy (non-hydrogen) atoms. The van der Waals surface area contributed by atoms with Gasteiger partial charge in [0.05, 0.1) is 18.0 Å². The van der Waals surface area contributed by atoms with Gasteiger partial charge in [-0.25, -0.2) is 0 Å². The zero-order chi connectivity index (χ0) is 24.4. The second kappa shape index (κ2) is 9.88. The van der Waals surface area contributed by atoms with Crippen LogP contribution in [-0.4, -0.2) is 36.1 Å². The van der Waals surface area contributed by atoms with Crippen molar-refractivity contribution in [3.8, 4) is 0 Å². The van der Waals surface area contributed by atoms with Crippen molar-refractivity contribution in [2.24, 2.45) is 11.8 Å². The summed E-state index contributed by atoms with van der Waals surface area (Å²) in [5.74, 6) is -3.12. The van der Waals surface area contributed by atoms with E-state index < -0.39 is 36.1 Å². The Hall–Kier alpha value is -3.34. The van der Waals surface area contributed by atoms with E-state index in [4.69, 9.17) is 23.2 Å². The van der Waals surface area contributed by atoms with Gasteiger partial charge in [0.2, 0.25) is 23.6 Å². The van der Waals surface area contributed by atoms with Crippen LogP contribution in [-0.2, 0) is 19.2 Å². The zero-order valence-corrected chi connectivity index (χ0v) is 19.5. The molecular weight excluding hydrogens is 483 g/mol. The molecule has 4 rings (SSSR count). The van der Waals surface area contributed by atoms with E-state index in [1.165, 1.54) is 6.92 Å². The first-order valence-electron chi connectivity index (χ1n) is 10.4. The van der Waals surface area contributed by atoms with E-state index >= 15 is 0 Å². The summed E-state index contributed by atoms with van der Waals surface area (Å²) in [7, 11) is 0. The van der Waals surface area contributed by atoms with Crippen molar-refractivity contribution >= 4 is 63.9 Å². The lowest BCUT2D eigenvalue weighted by Crippen LogP contribution is -2.72. The van der Waals surface area contributed by atoms with Gasteiger partial charge >= 0.3 is 0 Å². The van der Waals surface area contributed by atoms with Crippen LogP contribution in [0.2, 0.25) is 10.0 Å². The first kappa shape index (κ1) is 23.8. The number of carbonyl (C=O) groups is 4. The summed E-state index contributed by atoms with van der Waals surface area (Å²) in [6.07, 6.45) is -1.62. The summed E-state index contributed by atoms with van der Waals surface area (Å²) in [5.41, 5.74) is 1.62. The lowest BCUT2D eigenvalue weighted by atomic mass is 9.81. The first-order chi connectivity index (χ1) is 16.2. The largest absolute Gasteiger partial charge is 0.353 e. The van der Waals surface area contributed by atoms with E-state index in [0.29, 0.717) is 27.1 Å². The van der Waals surface area contributed by atoms with Crippen molar-refractivity contribution in [3.05, 3.63) is 52.5 Å². The summed E-state index contributed by atoms with van der Waals surface area (Å²) in [4.78, 5) is 49.5. The molecule has 4 atom stereocenters. The highest BCUT2D eigenvalue weighted by Crippen LogP contribution is 2.29. The Balaban J connectivity index is 1.45. The summed E-state index contributed by atoms with van der Waals surface area (Å²) in [6.45, 7) is 1.40. The monoisotopic (exact) mass is 504 g/mol. The summed E-state index contributed by atoms with van der Waals surface area (Å²) in [5, 5.41) is 17.9. The molecule has 2 aliphatic heterocycles. The van der Waals surface area contributed by atoms with Gasteiger partial charge < -0.3 is 26.6 Å². The molecule has 6 N–H and O–H groups in total. The van der Waals surface area contributed by atoms with Crippen molar-refractivity contribution in [1.29, 1.82) is 0 Å². The summed E-state index contributed by atoms with van der Waals surface area (Å²) < 4.78 is 0. The number of nitrogens with one attached hydrogen (secondary N) is 6. The Morgan fingerprint density at radius 3 is 2.15 bits per heavy atom. The predicted octanol–water partition coefficient (Wildman–Crippen LogP) is 2.08. The van der Waals surface area contributed by atoms with E-state index in [0.717, 1.165) is 0 Å². The van der Waals surface area contributed by atoms with Gasteiger partial charge in [0, 0.05) is 40.5 Å². The fourth-order valence-corrected chi connectivity index (χ4v) is 4.56. The number of halogens is 2. The third-order valence-electron chi connectivity index (χ3n) is 5.43. The third kappa shape index (κ3) is 5.58. The molecule has 10 nitrogen and oxygen atoms in total. The van der Waals surface area contributed by atoms with Crippen LogP contribution in [0.1, 0.15) is 13.3 Å². The van der Waals surface area contributed by atoms with Crippen molar-refractivity contribution in [1.82, 2.24) is 16.0 Å². The maximum absolute atomic E-state index is 13.0. The number of fused-ring (bicyclic) bond motifs is 1. The molecule has 4 amide bonds. The standard InChI is InChI=1S/C22H22Cl2N6O4/c1-10(31)25-13-2-4-14(5-3-13)26-20(33)16-9-17(32)28-19-18(16)21(34)30-22(29-19)27-15-7-11(23)6-12(24)8-15/h2-8,16,18-19,22,27,29H,9H2,1H3,(H,25,31)(H,26,33)(H,28,32)(H,30,34). The molecule has 0 bridgehead atoms. The van der Waals surface area contributed by atoms with Gasteiger partial charge in [0.15, 0.2) is 6.29 Å². The molecular formula is C22H22Cl2N6O4. The average molecular weight is 505 g/mol. The minimum atomic E-state index is -0.886. The zero-order valence-electron chi connectivity index (χ0n) is 17.9. The lowest BCUT2D eigenvalue weighted by Gasteiger charge is -2.43. The molecule has 0 spiro atoms. The fraction of sp³-hybridized carbons (Fsp3) is 0.273. The van der Waals surface area contributed by atoms with Gasteiger partial charge in [-0.1, -0.05) is 23.2 Å². The second-order valence-electron chi connectivity index (χ2n) is 8.04. The van der Waals surface area contributed by atoms with Crippen LogP contribution in [0, 0.1) is 11.8 Å². The number of amides is 4. The molecule has 2 fully saturated rings. The maximum atomic E-state index is 13.0. The van der Waals surface area contributed by atoms with Crippen LogP contribution in [0.15, 0.2) is 42.5 Å². The minimum absolute atomic E-state index is 0.131. The molecule has 0 radical (unpaired) electrons. The van der Waals surface area contributed by atoms with Crippen LogP contribution in [0.3, 0.4) is 0 Å². The Morgan fingerprint density at radius 1 is 0.912 bits per heavy atom. The van der Waals surface area contributed by atoms with Gasteiger partial charge in [-0.05, 0) is 42.5 Å². The van der Waals surface area contributed by atoms with E-state index in [1.807, 2.05) is 0 Å². The number of hydrogen-bond donors (Lipinski definition) is 6. The second-order valence-corrected chi connectivity index (χ2v) is 8.91. The molecule has 0 saturated carbocycles. The molecule has 2 aromatic rings. The smallest absolute Gasteiger partial charge is 0.229 e. The number of benzene rings is 2. The Labute approximate surface area is 205 Å². The Morgan fingerprint density at radius 2 is 1.53 bits per heavy atom. The molecule has 12 heteroatoms. The molecule has 2 heterocycles. The van der Waals surface area contributed by atoms with E-state index in [-0.39, 0.29) is 18.2 Å². The number of carbonyl (C=O) groups excluding carboxylic acids is 4. The molecule has 2 aromatic carbocycles. The van der Waals surface area contributed by atoms with Crippen LogP contribution < -0.4 is 31.9 Å². The van der Waals surface area contributed by atoms with Crippen molar-refractivity contribution in [2.45, 2.75) is 25.8 Å². The van der Waals surface area contributed by atoms with Gasteiger partial charge in [0.25, 0.3) is 0 Å². The van der Waals surface area contributed by atoms with Crippen LogP contribution >= 0.6 is 23.2 Å². The highest BCUT2D eigenvalue weighted by molar-refractivity contribution is 6.35. The summed E-state index contributed by atoms with van der Waals surface area (Å²) >= 11 is 12.1. The number of anilines is 3. The molecule has 4 unspecified atom stereocenters. The van der Waals surface area contributed by atoms with Gasteiger partial charge in [-0.2, -0.15) is 0 Å². The van der Waals surface area contributed by atoms with E-state index in [1.54, 1.807) is 42.5 Å². The maximum Gasteiger partial charge on any atom is 0.229 e. The average Bonchev–Trinajstić information content (AvgIpc) is 2.73. The first-order valence-corrected chi connectivity index (χ1v) is 11.2. The quantitative estimate of drug-likeness (QED) is 0.368. The van der Waals surface area contributed by atoms with Crippen molar-refractivity contribution in [2.75, 3.05) is 16.0 Å². The normalized spacial score (nSPS) is 23.7. The predicted molar refractivity (Wildman–Crippen MR) is 128 cm³/mol. The van der Waals surface area contributed by atoms with Gasteiger partial charge in [-0.3, -0.25) is 24.5 Å². The molecule has 0 aromatic heterocycles. The SMILES string of the molecule is CC(=O)Nc1ccc(NC(=O)C2CC(=O)NC3NC(Nc4cc(Cl)cc(Cl)c4)NC(=O)C32)cc1. The third-order valence-corrected chi connectivity index (χ3v) is 5.87. The minimum Gasteiger partial charge on any atom is -0.353 e.